The van der Waals surface area contributed by atoms with E-state index in [1.807, 2.05) is 0 Å². The number of nitriles is 1. The molecule has 0 aromatic carbocycles. The van der Waals surface area contributed by atoms with Gasteiger partial charge in [-0.2, -0.15) is 5.26 Å². The molecule has 76 valence electrons. The Labute approximate surface area is 110 Å². The Kier molecular flexibility index (Phi) is 13.9. The van der Waals surface area contributed by atoms with Gasteiger partial charge in [0.2, 0.25) is 5.95 Å². The van der Waals surface area contributed by atoms with Crippen LogP contribution in [0.15, 0.2) is 18.5 Å². The monoisotopic (exact) mass is 218 g/mol. The van der Waals surface area contributed by atoms with E-state index >= 15 is 0 Å². The number of carbonyl (C=O) groups excluding carboxylic acids is 1. The Bertz CT molecular complexity index is 288. The fraction of sp³-hybridized carbons (Fsp3) is 0.250. The fourth-order valence-corrected chi connectivity index (χ4v) is 0.482. The van der Waals surface area contributed by atoms with Gasteiger partial charge in [-0.15, -0.1) is 0 Å². The minimum absolute atomic E-state index is 0. The molecule has 0 unspecified atom stereocenters. The zero-order valence-electron chi connectivity index (χ0n) is 7.67. The molecule has 1 aromatic rings. The van der Waals surface area contributed by atoms with Gasteiger partial charge in [-0.1, -0.05) is 0 Å². The summed E-state index contributed by atoms with van der Waals surface area (Å²) in [5, 5.41) is 10.4. The molecule has 0 amide bonds. The number of rotatable bonds is 3. The molecule has 0 aliphatic carbocycles. The average Bonchev–Trinajstić information content (AvgIpc) is 2.22. The van der Waals surface area contributed by atoms with Crippen LogP contribution in [-0.4, -0.2) is 52.6 Å². The second kappa shape index (κ2) is 12.8. The van der Waals surface area contributed by atoms with Crippen molar-refractivity contribution in [3.63, 3.8) is 0 Å². The summed E-state index contributed by atoms with van der Waals surface area (Å²) < 4.78 is 4.15. The van der Waals surface area contributed by atoms with Gasteiger partial charge in [0, 0.05) is 12.4 Å². The van der Waals surface area contributed by atoms with Crippen molar-refractivity contribution in [3.8, 4) is 6.19 Å². The van der Waals surface area contributed by atoms with Crippen molar-refractivity contribution in [2.45, 2.75) is 6.92 Å². The Morgan fingerprint density at radius 1 is 1.60 bits per heavy atom. The number of ether oxygens (including phenoxy) is 1. The number of hydrogen-bond donors (Lipinski definition) is 1. The molecule has 0 saturated carbocycles. The summed E-state index contributed by atoms with van der Waals surface area (Å²) in [6, 6.07) is 1.68. The van der Waals surface area contributed by atoms with Crippen LogP contribution < -0.4 is 5.32 Å². The predicted octanol–water partition coefficient (Wildman–Crippen LogP) is -0.0996. The van der Waals surface area contributed by atoms with Gasteiger partial charge >= 0.3 is 29.6 Å². The summed E-state index contributed by atoms with van der Waals surface area (Å²) in [5.74, 6) is 0.333. The first-order chi connectivity index (χ1) is 6.85. The van der Waals surface area contributed by atoms with E-state index in [4.69, 9.17) is 5.26 Å². The van der Waals surface area contributed by atoms with Crippen LogP contribution in [-0.2, 0) is 9.53 Å². The van der Waals surface area contributed by atoms with Gasteiger partial charge in [-0.05, 0) is 13.0 Å². The predicted molar refractivity (Wildman–Crippen MR) is 56.1 cm³/mol. The van der Waals surface area contributed by atoms with E-state index in [0.29, 0.717) is 19.0 Å². The van der Waals surface area contributed by atoms with Crippen molar-refractivity contribution in [1.29, 1.82) is 5.26 Å². The zero-order chi connectivity index (χ0) is 10.6. The van der Waals surface area contributed by atoms with Gasteiger partial charge in [0.1, 0.15) is 0 Å². The third-order valence-corrected chi connectivity index (χ3v) is 0.968. The summed E-state index contributed by atoms with van der Waals surface area (Å²) in [7, 11) is 0. The zero-order valence-corrected chi connectivity index (χ0v) is 7.67. The molecular weight excluding hydrogens is 207 g/mol. The summed E-state index contributed by atoms with van der Waals surface area (Å²) in [4.78, 5) is 16.6. The summed E-state index contributed by atoms with van der Waals surface area (Å²) in [6.07, 6.45) is 4.83. The average molecular weight is 218 g/mol. The topological polar surface area (TPSA) is 87.9 Å². The van der Waals surface area contributed by atoms with Crippen molar-refractivity contribution < 1.29 is 9.53 Å². The third-order valence-electron chi connectivity index (χ3n) is 0.968. The molecule has 0 bridgehead atoms. The van der Waals surface area contributed by atoms with E-state index in [9.17, 15) is 4.79 Å². The summed E-state index contributed by atoms with van der Waals surface area (Å²) >= 11 is 0. The van der Waals surface area contributed by atoms with Crippen LogP contribution in [0.2, 0.25) is 0 Å². The molecule has 7 heteroatoms. The van der Waals surface area contributed by atoms with E-state index in [1.54, 1.807) is 31.6 Å². The Morgan fingerprint density at radius 2 is 2.20 bits per heavy atom. The van der Waals surface area contributed by atoms with Crippen molar-refractivity contribution >= 4 is 42.0 Å². The molecule has 0 fully saturated rings. The molecule has 1 N–H and O–H groups in total. The first-order valence-corrected chi connectivity index (χ1v) is 3.82. The number of aromatic nitrogens is 2. The van der Waals surface area contributed by atoms with Gasteiger partial charge in [0.15, 0.2) is 6.19 Å². The van der Waals surface area contributed by atoms with Gasteiger partial charge in [-0.3, -0.25) is 10.1 Å². The third kappa shape index (κ3) is 10.8. The molecule has 1 heterocycles. The minimum atomic E-state index is 0. The molecule has 0 aliphatic heterocycles. The number of nitrogens with zero attached hydrogens (tertiary/aromatic N) is 3. The van der Waals surface area contributed by atoms with Crippen LogP contribution in [0.1, 0.15) is 6.92 Å². The van der Waals surface area contributed by atoms with Crippen molar-refractivity contribution in [2.75, 3.05) is 11.9 Å². The number of hydrogen-bond acceptors (Lipinski definition) is 6. The second-order valence-electron chi connectivity index (χ2n) is 1.86. The molecular formula is C8H11N4NaO2. The van der Waals surface area contributed by atoms with Crippen molar-refractivity contribution in [2.24, 2.45) is 0 Å². The normalized spacial score (nSPS) is 6.93. The summed E-state index contributed by atoms with van der Waals surface area (Å²) in [5.41, 5.74) is 0. The SMILES string of the molecule is CCOC=O.N#CNc1ncccn1.[NaH]. The van der Waals surface area contributed by atoms with Crippen molar-refractivity contribution in [3.05, 3.63) is 18.5 Å². The first kappa shape index (κ1) is 16.3. The Balaban J connectivity index is 0. The maximum atomic E-state index is 9.18. The molecule has 0 spiro atoms. The van der Waals surface area contributed by atoms with Gasteiger partial charge < -0.3 is 4.74 Å². The molecule has 6 nitrogen and oxygen atoms in total. The molecule has 0 saturated heterocycles. The molecule has 0 radical (unpaired) electrons. The standard InChI is InChI=1S/C5H4N4.C3H6O2.Na.H/c6-4-9-5-7-2-1-3-8-5;1-2-5-3-4;;/h1-3H,(H,7,8,9);3H,2H2,1H3;;. The first-order valence-electron chi connectivity index (χ1n) is 3.82. The van der Waals surface area contributed by atoms with Crippen molar-refractivity contribution in [1.82, 2.24) is 9.97 Å². The van der Waals surface area contributed by atoms with Gasteiger partial charge in [0.05, 0.1) is 6.61 Å². The Hall–Kier alpha value is -1.16. The van der Waals surface area contributed by atoms with Crippen LogP contribution in [0.4, 0.5) is 5.95 Å². The second-order valence-corrected chi connectivity index (χ2v) is 1.86. The molecule has 15 heavy (non-hydrogen) atoms. The molecule has 0 atom stereocenters. The van der Waals surface area contributed by atoms with Crippen LogP contribution >= 0.6 is 0 Å². The van der Waals surface area contributed by atoms with Crippen LogP contribution in [0.5, 0.6) is 0 Å². The van der Waals surface area contributed by atoms with Crippen LogP contribution in [0, 0.1) is 11.5 Å². The number of carbonyl (C=O) groups is 1. The summed E-state index contributed by atoms with van der Waals surface area (Å²) in [6.45, 7) is 2.66. The van der Waals surface area contributed by atoms with E-state index in [0.717, 1.165) is 0 Å². The number of anilines is 1. The van der Waals surface area contributed by atoms with E-state index in [2.05, 4.69) is 20.0 Å². The van der Waals surface area contributed by atoms with Crippen LogP contribution in [0.25, 0.3) is 0 Å². The number of nitrogens with one attached hydrogen (secondary N) is 1. The van der Waals surface area contributed by atoms with E-state index < -0.39 is 0 Å². The fourth-order valence-electron chi connectivity index (χ4n) is 0.482. The molecule has 0 aliphatic rings. The maximum absolute atomic E-state index is 9.18. The van der Waals surface area contributed by atoms with Gasteiger partial charge in [0.25, 0.3) is 6.47 Å². The Morgan fingerprint density at radius 3 is 2.53 bits per heavy atom. The van der Waals surface area contributed by atoms with E-state index in [1.165, 1.54) is 0 Å². The van der Waals surface area contributed by atoms with Gasteiger partial charge in [-0.25, -0.2) is 9.97 Å². The quantitative estimate of drug-likeness (QED) is 0.330. The molecule has 1 aromatic heterocycles. The van der Waals surface area contributed by atoms with Crippen LogP contribution in [0.3, 0.4) is 0 Å². The molecule has 1 rings (SSSR count). The van der Waals surface area contributed by atoms with E-state index in [-0.39, 0.29) is 29.6 Å².